The second-order valence-corrected chi connectivity index (χ2v) is 4.75. The highest BCUT2D eigenvalue weighted by atomic mass is 127. The maximum atomic E-state index is 9.96. The van der Waals surface area contributed by atoms with Crippen molar-refractivity contribution in [3.05, 3.63) is 54.2 Å². The second kappa shape index (κ2) is 11.0. The van der Waals surface area contributed by atoms with E-state index in [2.05, 4.69) is 20.6 Å². The van der Waals surface area contributed by atoms with E-state index < -0.39 is 6.10 Å². The molecule has 7 heteroatoms. The molecule has 2 aromatic rings. The smallest absolute Gasteiger partial charge is 0.191 e. The Morgan fingerprint density at radius 1 is 1.30 bits per heavy atom. The molecule has 6 nitrogen and oxygen atoms in total. The van der Waals surface area contributed by atoms with Gasteiger partial charge in [-0.3, -0.25) is 9.98 Å². The zero-order valence-electron chi connectivity index (χ0n) is 13.1. The van der Waals surface area contributed by atoms with Crippen LogP contribution in [0.5, 0.6) is 0 Å². The van der Waals surface area contributed by atoms with Crippen molar-refractivity contribution in [1.29, 1.82) is 0 Å². The Balaban J connectivity index is 0.00000264. The number of pyridine rings is 1. The van der Waals surface area contributed by atoms with Crippen molar-refractivity contribution in [3.63, 3.8) is 0 Å². The number of aromatic nitrogens is 1. The van der Waals surface area contributed by atoms with E-state index in [1.165, 1.54) is 0 Å². The van der Waals surface area contributed by atoms with Gasteiger partial charge in [0.25, 0.3) is 0 Å². The highest BCUT2D eigenvalue weighted by molar-refractivity contribution is 14.0. The molecule has 2 heterocycles. The molecule has 23 heavy (non-hydrogen) atoms. The molecule has 0 fully saturated rings. The van der Waals surface area contributed by atoms with E-state index in [4.69, 9.17) is 4.42 Å². The average Bonchev–Trinajstić information content (AvgIpc) is 3.08. The number of hydrogen-bond donors (Lipinski definition) is 3. The van der Waals surface area contributed by atoms with Gasteiger partial charge in [-0.05, 0) is 31.2 Å². The minimum Gasteiger partial charge on any atom is -0.467 e. The Hall–Kier alpha value is -1.61. The molecule has 126 valence electrons. The highest BCUT2D eigenvalue weighted by Gasteiger charge is 2.09. The minimum atomic E-state index is -0.735. The van der Waals surface area contributed by atoms with Crippen molar-refractivity contribution < 1.29 is 9.52 Å². The summed E-state index contributed by atoms with van der Waals surface area (Å²) in [6.07, 6.45) is 3.40. The maximum Gasteiger partial charge on any atom is 0.191 e. The van der Waals surface area contributed by atoms with E-state index in [1.54, 1.807) is 24.6 Å². The summed E-state index contributed by atoms with van der Waals surface area (Å²) < 4.78 is 5.16. The number of halogens is 1. The molecule has 0 aromatic carbocycles. The lowest BCUT2D eigenvalue weighted by Crippen LogP contribution is -2.38. The molecule has 0 saturated carbocycles. The van der Waals surface area contributed by atoms with Gasteiger partial charge in [0.2, 0.25) is 0 Å². The summed E-state index contributed by atoms with van der Waals surface area (Å²) in [6.45, 7) is 3.72. The predicted molar refractivity (Wildman–Crippen MR) is 101 cm³/mol. The SMILES string of the molecule is CCNC(=NCC(O)c1ccco1)NCCc1ccccn1.I. The lowest BCUT2D eigenvalue weighted by atomic mass is 10.3. The summed E-state index contributed by atoms with van der Waals surface area (Å²) in [5.74, 6) is 1.19. The normalized spacial score (nSPS) is 12.3. The topological polar surface area (TPSA) is 82.7 Å². The van der Waals surface area contributed by atoms with Gasteiger partial charge >= 0.3 is 0 Å². The molecule has 0 saturated heterocycles. The Kier molecular flexibility index (Phi) is 9.30. The summed E-state index contributed by atoms with van der Waals surface area (Å²) in [5.41, 5.74) is 1.03. The first-order chi connectivity index (χ1) is 10.8. The van der Waals surface area contributed by atoms with Crippen LogP contribution in [0.1, 0.15) is 24.5 Å². The maximum absolute atomic E-state index is 9.96. The number of hydrogen-bond acceptors (Lipinski definition) is 4. The zero-order chi connectivity index (χ0) is 15.6. The van der Waals surface area contributed by atoms with E-state index >= 15 is 0 Å². The van der Waals surface area contributed by atoms with Crippen molar-refractivity contribution in [2.24, 2.45) is 4.99 Å². The molecular weight excluding hydrogens is 407 g/mol. The molecule has 1 unspecified atom stereocenters. The van der Waals surface area contributed by atoms with Crippen LogP contribution in [0.25, 0.3) is 0 Å². The first-order valence-corrected chi connectivity index (χ1v) is 7.43. The molecule has 2 aromatic heterocycles. The predicted octanol–water partition coefficient (Wildman–Crippen LogP) is 2.12. The summed E-state index contributed by atoms with van der Waals surface area (Å²) in [6, 6.07) is 9.35. The molecule has 0 amide bonds. The van der Waals surface area contributed by atoms with Gasteiger partial charge < -0.3 is 20.2 Å². The largest absolute Gasteiger partial charge is 0.467 e. The molecule has 0 aliphatic heterocycles. The van der Waals surface area contributed by atoms with Crippen LogP contribution < -0.4 is 10.6 Å². The fourth-order valence-corrected chi connectivity index (χ4v) is 1.95. The van der Waals surface area contributed by atoms with E-state index in [0.29, 0.717) is 11.7 Å². The lowest BCUT2D eigenvalue weighted by molar-refractivity contribution is 0.158. The summed E-state index contributed by atoms with van der Waals surface area (Å²) in [5, 5.41) is 16.3. The van der Waals surface area contributed by atoms with E-state index in [1.807, 2.05) is 25.1 Å². The van der Waals surface area contributed by atoms with Crippen molar-refractivity contribution in [1.82, 2.24) is 15.6 Å². The van der Waals surface area contributed by atoms with Gasteiger partial charge in [0.1, 0.15) is 11.9 Å². The lowest BCUT2D eigenvalue weighted by Gasteiger charge is -2.12. The third-order valence-electron chi connectivity index (χ3n) is 3.04. The van der Waals surface area contributed by atoms with Crippen molar-refractivity contribution in [2.75, 3.05) is 19.6 Å². The fourth-order valence-electron chi connectivity index (χ4n) is 1.95. The summed E-state index contributed by atoms with van der Waals surface area (Å²) >= 11 is 0. The van der Waals surface area contributed by atoms with E-state index in [-0.39, 0.29) is 30.5 Å². The van der Waals surface area contributed by atoms with Crippen LogP contribution >= 0.6 is 24.0 Å². The number of aliphatic imine (C=N–C) groups is 1. The molecule has 1 atom stereocenters. The fraction of sp³-hybridized carbons (Fsp3) is 0.375. The third kappa shape index (κ3) is 7.00. The number of aliphatic hydroxyl groups is 1. The van der Waals surface area contributed by atoms with Crippen molar-refractivity contribution >= 4 is 29.9 Å². The number of aliphatic hydroxyl groups excluding tert-OH is 1. The van der Waals surface area contributed by atoms with Crippen LogP contribution in [0.15, 0.2) is 52.2 Å². The van der Waals surface area contributed by atoms with Crippen LogP contribution in [0.3, 0.4) is 0 Å². The van der Waals surface area contributed by atoms with Crippen LogP contribution in [0.2, 0.25) is 0 Å². The number of nitrogens with one attached hydrogen (secondary N) is 2. The summed E-state index contributed by atoms with van der Waals surface area (Å²) in [7, 11) is 0. The van der Waals surface area contributed by atoms with E-state index in [9.17, 15) is 5.11 Å². The molecule has 0 bridgehead atoms. The standard InChI is InChI=1S/C16H22N4O2.HI/c1-2-17-16(19-10-8-13-6-3-4-9-18-13)20-12-14(21)15-7-5-11-22-15;/h3-7,9,11,14,21H,2,8,10,12H2,1H3,(H2,17,19,20);1H. The molecular formula is C16H23IN4O2. The van der Waals surface area contributed by atoms with Gasteiger partial charge in [-0.15, -0.1) is 24.0 Å². The Bertz CT molecular complexity index is 561. The zero-order valence-corrected chi connectivity index (χ0v) is 15.4. The van der Waals surface area contributed by atoms with Crippen LogP contribution in [-0.2, 0) is 6.42 Å². The van der Waals surface area contributed by atoms with Crippen molar-refractivity contribution in [2.45, 2.75) is 19.4 Å². The highest BCUT2D eigenvalue weighted by Crippen LogP contribution is 2.12. The number of guanidine groups is 1. The third-order valence-corrected chi connectivity index (χ3v) is 3.04. The minimum absolute atomic E-state index is 0. The molecule has 2 rings (SSSR count). The second-order valence-electron chi connectivity index (χ2n) is 4.75. The number of rotatable bonds is 7. The van der Waals surface area contributed by atoms with Crippen LogP contribution in [-0.4, -0.2) is 35.7 Å². The first kappa shape index (κ1) is 19.4. The molecule has 0 radical (unpaired) electrons. The number of nitrogens with zero attached hydrogens (tertiary/aromatic N) is 2. The molecule has 0 spiro atoms. The quantitative estimate of drug-likeness (QED) is 0.356. The van der Waals surface area contributed by atoms with Gasteiger partial charge in [0.05, 0.1) is 12.8 Å². The van der Waals surface area contributed by atoms with Crippen LogP contribution in [0, 0.1) is 0 Å². The van der Waals surface area contributed by atoms with Crippen molar-refractivity contribution in [3.8, 4) is 0 Å². The molecule has 0 aliphatic carbocycles. The van der Waals surface area contributed by atoms with Crippen LogP contribution in [0.4, 0.5) is 0 Å². The monoisotopic (exact) mass is 430 g/mol. The Labute approximate surface area is 153 Å². The Morgan fingerprint density at radius 2 is 2.17 bits per heavy atom. The van der Waals surface area contributed by atoms with Gasteiger partial charge in [-0.25, -0.2) is 0 Å². The van der Waals surface area contributed by atoms with Gasteiger partial charge in [-0.1, -0.05) is 6.07 Å². The first-order valence-electron chi connectivity index (χ1n) is 7.43. The summed E-state index contributed by atoms with van der Waals surface area (Å²) in [4.78, 5) is 8.64. The molecule has 3 N–H and O–H groups in total. The van der Waals surface area contributed by atoms with Gasteiger partial charge in [0, 0.05) is 31.4 Å². The average molecular weight is 430 g/mol. The van der Waals surface area contributed by atoms with Gasteiger partial charge in [-0.2, -0.15) is 0 Å². The van der Waals surface area contributed by atoms with E-state index in [0.717, 1.165) is 25.2 Å². The molecule has 0 aliphatic rings. The van der Waals surface area contributed by atoms with Gasteiger partial charge in [0.15, 0.2) is 5.96 Å². The number of furan rings is 1. The Morgan fingerprint density at radius 3 is 2.83 bits per heavy atom.